The number of carboxylic acid groups (broad SMARTS) is 1. The third-order valence-electron chi connectivity index (χ3n) is 4.58. The number of hydrogen-bond donors (Lipinski definition) is 1. The summed E-state index contributed by atoms with van der Waals surface area (Å²) < 4.78 is 9.65. The van der Waals surface area contributed by atoms with E-state index in [4.69, 9.17) is 4.74 Å². The Balaban J connectivity index is 1.61. The number of hydrogen-bond acceptors (Lipinski definition) is 5. The lowest BCUT2D eigenvalue weighted by Crippen LogP contribution is -2.30. The molecular formula is C17H20N6O3. The summed E-state index contributed by atoms with van der Waals surface area (Å²) in [6.45, 7) is 1.01. The summed E-state index contributed by atoms with van der Waals surface area (Å²) in [6, 6.07) is 1.86. The highest BCUT2D eigenvalue weighted by Crippen LogP contribution is 2.26. The Labute approximate surface area is 149 Å². The first kappa shape index (κ1) is 16.4. The van der Waals surface area contributed by atoms with Gasteiger partial charge in [-0.1, -0.05) is 0 Å². The topological polar surface area (TPSA) is 97.8 Å². The van der Waals surface area contributed by atoms with E-state index >= 15 is 0 Å². The van der Waals surface area contributed by atoms with Gasteiger partial charge >= 0.3 is 6.09 Å². The predicted molar refractivity (Wildman–Crippen MR) is 93.1 cm³/mol. The summed E-state index contributed by atoms with van der Waals surface area (Å²) in [5.41, 5.74) is 2.40. The number of amides is 1. The molecule has 3 aromatic heterocycles. The van der Waals surface area contributed by atoms with Crippen LogP contribution in [0.15, 0.2) is 30.9 Å². The zero-order valence-corrected chi connectivity index (χ0v) is 14.4. The van der Waals surface area contributed by atoms with Crippen molar-refractivity contribution in [2.24, 2.45) is 7.05 Å². The first-order chi connectivity index (χ1) is 12.6. The van der Waals surface area contributed by atoms with Gasteiger partial charge in [0, 0.05) is 38.3 Å². The fourth-order valence-corrected chi connectivity index (χ4v) is 3.21. The Bertz CT molecular complexity index is 934. The molecule has 0 aliphatic carbocycles. The predicted octanol–water partition coefficient (Wildman–Crippen LogP) is 2.04. The zero-order chi connectivity index (χ0) is 18.1. The van der Waals surface area contributed by atoms with Crippen LogP contribution in [0.5, 0.6) is 5.88 Å². The maximum absolute atomic E-state index is 11.2. The Morgan fingerprint density at radius 2 is 2.15 bits per heavy atom. The monoisotopic (exact) mass is 356 g/mol. The SMILES string of the molecule is Cn1cc(-c2cn3nccc3c(OC3CCCN(C(=O)O)CC3)n2)cn1. The van der Waals surface area contributed by atoms with Crippen LogP contribution in [0.3, 0.4) is 0 Å². The molecule has 9 nitrogen and oxygen atoms in total. The summed E-state index contributed by atoms with van der Waals surface area (Å²) in [7, 11) is 1.85. The van der Waals surface area contributed by atoms with E-state index in [2.05, 4.69) is 15.2 Å². The first-order valence-electron chi connectivity index (χ1n) is 8.58. The third kappa shape index (κ3) is 3.19. The Hall–Kier alpha value is -3.10. The van der Waals surface area contributed by atoms with Gasteiger partial charge in [0.05, 0.1) is 24.3 Å². The first-order valence-corrected chi connectivity index (χ1v) is 8.58. The van der Waals surface area contributed by atoms with Crippen LogP contribution in [0.1, 0.15) is 19.3 Å². The van der Waals surface area contributed by atoms with Crippen LogP contribution >= 0.6 is 0 Å². The Kier molecular flexibility index (Phi) is 4.19. The maximum Gasteiger partial charge on any atom is 0.407 e. The van der Waals surface area contributed by atoms with Crippen molar-refractivity contribution < 1.29 is 14.6 Å². The molecule has 0 radical (unpaired) electrons. The van der Waals surface area contributed by atoms with E-state index in [1.165, 1.54) is 4.90 Å². The van der Waals surface area contributed by atoms with E-state index in [0.29, 0.717) is 25.4 Å². The van der Waals surface area contributed by atoms with Gasteiger partial charge in [-0.25, -0.2) is 14.3 Å². The largest absolute Gasteiger partial charge is 0.473 e. The minimum absolute atomic E-state index is 0.0744. The molecule has 0 spiro atoms. The molecule has 1 amide bonds. The normalized spacial score (nSPS) is 18.0. The van der Waals surface area contributed by atoms with E-state index in [1.54, 1.807) is 21.6 Å². The summed E-state index contributed by atoms with van der Waals surface area (Å²) in [4.78, 5) is 17.3. The highest BCUT2D eigenvalue weighted by atomic mass is 16.5. The molecule has 3 aromatic rings. The van der Waals surface area contributed by atoms with E-state index < -0.39 is 6.09 Å². The minimum Gasteiger partial charge on any atom is -0.473 e. The third-order valence-corrected chi connectivity index (χ3v) is 4.58. The molecule has 1 N–H and O–H groups in total. The van der Waals surface area contributed by atoms with Crippen molar-refractivity contribution in [3.63, 3.8) is 0 Å². The highest BCUT2D eigenvalue weighted by molar-refractivity contribution is 5.65. The number of likely N-dealkylation sites (tertiary alicyclic amines) is 1. The van der Waals surface area contributed by atoms with E-state index in [1.807, 2.05) is 25.5 Å². The summed E-state index contributed by atoms with van der Waals surface area (Å²) in [5.74, 6) is 0.512. The molecule has 4 rings (SSSR count). The lowest BCUT2D eigenvalue weighted by molar-refractivity contribution is 0.142. The molecule has 0 saturated carbocycles. The van der Waals surface area contributed by atoms with Gasteiger partial charge in [-0.05, 0) is 18.9 Å². The fraction of sp³-hybridized carbons (Fsp3) is 0.412. The van der Waals surface area contributed by atoms with Crippen molar-refractivity contribution in [3.05, 3.63) is 30.9 Å². The van der Waals surface area contributed by atoms with Crippen LogP contribution < -0.4 is 4.74 Å². The molecular weight excluding hydrogens is 336 g/mol. The summed E-state index contributed by atoms with van der Waals surface area (Å²) >= 11 is 0. The van der Waals surface area contributed by atoms with Crippen molar-refractivity contribution in [3.8, 4) is 17.1 Å². The minimum atomic E-state index is -0.875. The number of nitrogens with zero attached hydrogens (tertiary/aromatic N) is 6. The fourth-order valence-electron chi connectivity index (χ4n) is 3.21. The molecule has 26 heavy (non-hydrogen) atoms. The molecule has 1 saturated heterocycles. The average Bonchev–Trinajstić information content (AvgIpc) is 3.19. The highest BCUT2D eigenvalue weighted by Gasteiger charge is 2.22. The second-order valence-corrected chi connectivity index (χ2v) is 6.44. The van der Waals surface area contributed by atoms with Crippen molar-refractivity contribution in [1.82, 2.24) is 29.3 Å². The van der Waals surface area contributed by atoms with Crippen LogP contribution in [0.2, 0.25) is 0 Å². The average molecular weight is 356 g/mol. The smallest absolute Gasteiger partial charge is 0.407 e. The van der Waals surface area contributed by atoms with E-state index in [0.717, 1.165) is 29.6 Å². The van der Waals surface area contributed by atoms with Crippen molar-refractivity contribution in [2.75, 3.05) is 13.1 Å². The quantitative estimate of drug-likeness (QED) is 0.771. The number of carbonyl (C=O) groups is 1. The maximum atomic E-state index is 11.2. The zero-order valence-electron chi connectivity index (χ0n) is 14.4. The molecule has 9 heteroatoms. The molecule has 1 fully saturated rings. The van der Waals surface area contributed by atoms with Gasteiger partial charge in [-0.3, -0.25) is 4.68 Å². The number of fused-ring (bicyclic) bond motifs is 1. The van der Waals surface area contributed by atoms with Crippen LogP contribution in [-0.4, -0.2) is 59.7 Å². The second-order valence-electron chi connectivity index (χ2n) is 6.44. The number of aromatic nitrogens is 5. The number of rotatable bonds is 3. The lowest BCUT2D eigenvalue weighted by atomic mass is 10.1. The van der Waals surface area contributed by atoms with Gasteiger partial charge in [-0.15, -0.1) is 0 Å². The van der Waals surface area contributed by atoms with Gasteiger partial charge in [0.25, 0.3) is 0 Å². The Morgan fingerprint density at radius 1 is 1.27 bits per heavy atom. The van der Waals surface area contributed by atoms with Gasteiger partial charge in [0.2, 0.25) is 5.88 Å². The molecule has 0 aromatic carbocycles. The second kappa shape index (κ2) is 6.66. The number of aryl methyl sites for hydroxylation is 1. The van der Waals surface area contributed by atoms with Crippen LogP contribution in [0, 0.1) is 0 Å². The van der Waals surface area contributed by atoms with Crippen LogP contribution in [0.4, 0.5) is 4.79 Å². The van der Waals surface area contributed by atoms with E-state index in [9.17, 15) is 9.90 Å². The molecule has 1 unspecified atom stereocenters. The molecule has 1 aliphatic rings. The van der Waals surface area contributed by atoms with Crippen LogP contribution in [-0.2, 0) is 7.05 Å². The Morgan fingerprint density at radius 3 is 2.92 bits per heavy atom. The van der Waals surface area contributed by atoms with Crippen LogP contribution in [0.25, 0.3) is 16.8 Å². The van der Waals surface area contributed by atoms with E-state index in [-0.39, 0.29) is 6.10 Å². The van der Waals surface area contributed by atoms with Gasteiger partial charge in [0.15, 0.2) is 0 Å². The van der Waals surface area contributed by atoms with Gasteiger partial charge in [0.1, 0.15) is 11.6 Å². The molecule has 1 atom stereocenters. The van der Waals surface area contributed by atoms with Crippen molar-refractivity contribution in [1.29, 1.82) is 0 Å². The molecule has 1 aliphatic heterocycles. The molecule has 4 heterocycles. The van der Waals surface area contributed by atoms with Gasteiger partial charge < -0.3 is 14.7 Å². The van der Waals surface area contributed by atoms with Gasteiger partial charge in [-0.2, -0.15) is 10.2 Å². The molecule has 0 bridgehead atoms. The van der Waals surface area contributed by atoms with Crippen molar-refractivity contribution in [2.45, 2.75) is 25.4 Å². The summed E-state index contributed by atoms with van der Waals surface area (Å²) in [5, 5.41) is 17.7. The lowest BCUT2D eigenvalue weighted by Gasteiger charge is -2.18. The standard InChI is InChI=1S/C17H20N6O3/c1-21-10-12(9-19-21)14-11-23-15(4-6-18-23)16(20-14)26-13-3-2-7-22(8-5-13)17(24)25/h4,6,9-11,13H,2-3,5,7-8H2,1H3,(H,24,25). The number of ether oxygens (including phenoxy) is 1. The molecule has 136 valence electrons. The van der Waals surface area contributed by atoms with Crippen molar-refractivity contribution >= 4 is 11.6 Å². The summed E-state index contributed by atoms with van der Waals surface area (Å²) in [6.07, 6.45) is 8.45.